The van der Waals surface area contributed by atoms with Gasteiger partial charge in [0.2, 0.25) is 0 Å². The molecule has 2 aromatic carbocycles. The second-order valence-electron chi connectivity index (χ2n) is 3.26. The Morgan fingerprint density at radius 2 is 1.75 bits per heavy atom. The Bertz CT molecular complexity index is 541. The molecule has 82 valence electrons. The van der Waals surface area contributed by atoms with Crippen molar-refractivity contribution in [1.29, 1.82) is 0 Å². The lowest BCUT2D eigenvalue weighted by Gasteiger charge is -2.09. The van der Waals surface area contributed by atoms with Crippen LogP contribution in [-0.2, 0) is 0 Å². The fourth-order valence-electron chi connectivity index (χ4n) is 1.44. The molecule has 0 N–H and O–H groups in total. The quantitative estimate of drug-likeness (QED) is 0.635. The van der Waals surface area contributed by atoms with Crippen molar-refractivity contribution in [1.82, 2.24) is 0 Å². The van der Waals surface area contributed by atoms with Crippen molar-refractivity contribution in [3.05, 3.63) is 50.9 Å². The number of rotatable bonds is 1. The van der Waals surface area contributed by atoms with E-state index in [0.717, 1.165) is 20.5 Å². The second-order valence-corrected chi connectivity index (χ2v) is 5.41. The van der Waals surface area contributed by atoms with Gasteiger partial charge < -0.3 is 0 Å². The topological polar surface area (TPSA) is 0 Å². The first-order chi connectivity index (χ1) is 7.59. The highest BCUT2D eigenvalue weighted by molar-refractivity contribution is 9.10. The van der Waals surface area contributed by atoms with E-state index in [2.05, 4.69) is 28.6 Å². The van der Waals surface area contributed by atoms with Crippen LogP contribution in [0.5, 0.6) is 0 Å². The lowest BCUT2D eigenvalue weighted by molar-refractivity contribution is 1.41. The molecule has 0 radical (unpaired) electrons. The van der Waals surface area contributed by atoms with Gasteiger partial charge in [-0.1, -0.05) is 41.4 Å². The first-order valence-electron chi connectivity index (χ1n) is 4.52. The zero-order chi connectivity index (χ0) is 11.7. The van der Waals surface area contributed by atoms with E-state index in [1.54, 1.807) is 6.07 Å². The molecular formula is C12H7BrCl2S. The molecule has 0 aliphatic carbocycles. The number of halogens is 3. The van der Waals surface area contributed by atoms with Gasteiger partial charge in [-0.25, -0.2) is 0 Å². The molecule has 0 aromatic heterocycles. The summed E-state index contributed by atoms with van der Waals surface area (Å²) in [5.74, 6) is 0. The maximum atomic E-state index is 6.15. The summed E-state index contributed by atoms with van der Waals surface area (Å²) in [6.07, 6.45) is 0. The molecule has 0 saturated carbocycles. The number of hydrogen-bond donors (Lipinski definition) is 1. The first-order valence-corrected chi connectivity index (χ1v) is 6.52. The zero-order valence-electron chi connectivity index (χ0n) is 8.05. The molecule has 0 aliphatic heterocycles. The molecule has 0 bridgehead atoms. The van der Waals surface area contributed by atoms with E-state index < -0.39 is 0 Å². The number of benzene rings is 2. The monoisotopic (exact) mass is 332 g/mol. The third kappa shape index (κ3) is 2.40. The summed E-state index contributed by atoms with van der Waals surface area (Å²) in [5, 5.41) is 1.25. The molecule has 16 heavy (non-hydrogen) atoms. The molecule has 2 rings (SSSR count). The van der Waals surface area contributed by atoms with Gasteiger partial charge in [0, 0.05) is 25.0 Å². The Morgan fingerprint density at radius 1 is 1.00 bits per heavy atom. The average molecular weight is 334 g/mol. The maximum Gasteiger partial charge on any atom is 0.0499 e. The average Bonchev–Trinajstić information content (AvgIpc) is 2.23. The van der Waals surface area contributed by atoms with E-state index in [1.807, 2.05) is 30.3 Å². The minimum Gasteiger partial charge on any atom is -0.142 e. The van der Waals surface area contributed by atoms with Gasteiger partial charge in [-0.3, -0.25) is 0 Å². The van der Waals surface area contributed by atoms with Crippen LogP contribution in [0.1, 0.15) is 0 Å². The van der Waals surface area contributed by atoms with Crippen molar-refractivity contribution in [2.75, 3.05) is 0 Å². The van der Waals surface area contributed by atoms with Crippen LogP contribution >= 0.6 is 51.8 Å². The summed E-state index contributed by atoms with van der Waals surface area (Å²) in [6, 6.07) is 11.3. The van der Waals surface area contributed by atoms with E-state index in [4.69, 9.17) is 23.2 Å². The summed E-state index contributed by atoms with van der Waals surface area (Å²) in [6.45, 7) is 0. The summed E-state index contributed by atoms with van der Waals surface area (Å²) >= 11 is 19.9. The Morgan fingerprint density at radius 3 is 2.44 bits per heavy atom. The minimum atomic E-state index is 0.626. The van der Waals surface area contributed by atoms with Crippen molar-refractivity contribution in [2.45, 2.75) is 4.90 Å². The summed E-state index contributed by atoms with van der Waals surface area (Å²) < 4.78 is 0.944. The lowest BCUT2D eigenvalue weighted by atomic mass is 10.1. The van der Waals surface area contributed by atoms with Crippen molar-refractivity contribution in [2.24, 2.45) is 0 Å². The maximum absolute atomic E-state index is 6.15. The fraction of sp³-hybridized carbons (Fsp3) is 0. The molecule has 0 unspecified atom stereocenters. The van der Waals surface area contributed by atoms with Crippen LogP contribution in [0.2, 0.25) is 10.0 Å². The van der Waals surface area contributed by atoms with Gasteiger partial charge in [0.25, 0.3) is 0 Å². The first kappa shape index (κ1) is 12.3. The van der Waals surface area contributed by atoms with Crippen LogP contribution in [-0.4, -0.2) is 0 Å². The lowest BCUT2D eigenvalue weighted by Crippen LogP contribution is -1.83. The molecule has 0 saturated heterocycles. The van der Waals surface area contributed by atoms with Crippen molar-refractivity contribution in [3.8, 4) is 11.1 Å². The minimum absolute atomic E-state index is 0.626. The predicted octanol–water partition coefficient (Wildman–Crippen LogP) is 5.71. The van der Waals surface area contributed by atoms with Crippen LogP contribution in [0.4, 0.5) is 0 Å². The van der Waals surface area contributed by atoms with Crippen LogP contribution < -0.4 is 0 Å². The van der Waals surface area contributed by atoms with E-state index in [1.165, 1.54) is 0 Å². The molecule has 0 spiro atoms. The van der Waals surface area contributed by atoms with Gasteiger partial charge in [-0.05, 0) is 39.7 Å². The molecule has 0 atom stereocenters. The third-order valence-corrected chi connectivity index (χ3v) is 4.20. The molecule has 0 amide bonds. The predicted molar refractivity (Wildman–Crippen MR) is 76.9 cm³/mol. The highest BCUT2D eigenvalue weighted by atomic mass is 79.9. The largest absolute Gasteiger partial charge is 0.142 e. The SMILES string of the molecule is Sc1c(Br)cccc1-c1ccc(Cl)cc1Cl. The van der Waals surface area contributed by atoms with Gasteiger partial charge in [0.15, 0.2) is 0 Å². The molecule has 0 fully saturated rings. The third-order valence-electron chi connectivity index (χ3n) is 2.21. The van der Waals surface area contributed by atoms with Gasteiger partial charge in [-0.15, -0.1) is 12.6 Å². The smallest absolute Gasteiger partial charge is 0.0499 e. The van der Waals surface area contributed by atoms with E-state index >= 15 is 0 Å². The molecule has 0 nitrogen and oxygen atoms in total. The highest BCUT2D eigenvalue weighted by Crippen LogP contribution is 2.36. The van der Waals surface area contributed by atoms with E-state index in [0.29, 0.717) is 10.0 Å². The Labute approximate surface area is 118 Å². The summed E-state index contributed by atoms with van der Waals surface area (Å²) in [4.78, 5) is 0.867. The van der Waals surface area contributed by atoms with Gasteiger partial charge in [-0.2, -0.15) is 0 Å². The van der Waals surface area contributed by atoms with Gasteiger partial charge >= 0.3 is 0 Å². The van der Waals surface area contributed by atoms with Gasteiger partial charge in [0.1, 0.15) is 0 Å². The summed E-state index contributed by atoms with van der Waals surface area (Å²) in [7, 11) is 0. The van der Waals surface area contributed by atoms with Crippen molar-refractivity contribution in [3.63, 3.8) is 0 Å². The van der Waals surface area contributed by atoms with Crippen LogP contribution in [0, 0.1) is 0 Å². The van der Waals surface area contributed by atoms with Crippen molar-refractivity contribution >= 4 is 51.8 Å². The highest BCUT2D eigenvalue weighted by Gasteiger charge is 2.09. The summed E-state index contributed by atoms with van der Waals surface area (Å²) in [5.41, 5.74) is 1.91. The molecule has 0 aliphatic rings. The van der Waals surface area contributed by atoms with E-state index in [9.17, 15) is 0 Å². The number of hydrogen-bond acceptors (Lipinski definition) is 1. The van der Waals surface area contributed by atoms with Crippen LogP contribution in [0.15, 0.2) is 45.8 Å². The molecule has 2 aromatic rings. The normalized spacial score (nSPS) is 10.5. The Kier molecular flexibility index (Phi) is 3.85. The van der Waals surface area contributed by atoms with Crippen molar-refractivity contribution < 1.29 is 0 Å². The molecule has 0 heterocycles. The zero-order valence-corrected chi connectivity index (χ0v) is 12.0. The van der Waals surface area contributed by atoms with Crippen LogP contribution in [0.3, 0.4) is 0 Å². The molecular weight excluding hydrogens is 327 g/mol. The Balaban J connectivity index is 2.63. The molecule has 4 heteroatoms. The standard InChI is InChI=1S/C12H7BrCl2S/c13-10-3-1-2-9(12(10)16)8-5-4-7(14)6-11(8)15/h1-6,16H. The van der Waals surface area contributed by atoms with Crippen LogP contribution in [0.25, 0.3) is 11.1 Å². The number of thiol groups is 1. The van der Waals surface area contributed by atoms with Gasteiger partial charge in [0.05, 0.1) is 0 Å². The van der Waals surface area contributed by atoms with E-state index in [-0.39, 0.29) is 0 Å². The second kappa shape index (κ2) is 5.01. The fourth-order valence-corrected chi connectivity index (χ4v) is 2.59. The Hall–Kier alpha value is -0.150.